The van der Waals surface area contributed by atoms with Gasteiger partial charge in [-0.1, -0.05) is 0 Å². The Morgan fingerprint density at radius 1 is 1.86 bits per heavy atom. The minimum absolute atomic E-state index is 0.167. The van der Waals surface area contributed by atoms with Crippen LogP contribution in [0.1, 0.15) is 5.69 Å². The molecular weight excluding hydrogens is 95.1 g/mol. The van der Waals surface area contributed by atoms with Gasteiger partial charge in [-0.05, 0) is 0 Å². The fraction of sp³-hybridized carbons (Fsp3) is 0. The van der Waals surface area contributed by atoms with Crippen molar-refractivity contribution in [3.63, 3.8) is 0 Å². The van der Waals surface area contributed by atoms with Crippen LogP contribution in [0, 0.1) is 12.7 Å². The number of hydrogen-bond donors (Lipinski definition) is 1. The zero-order valence-electron chi connectivity index (χ0n) is 3.61. The van der Waals surface area contributed by atoms with Gasteiger partial charge < -0.3 is 0 Å². The number of H-pyrrole nitrogens is 1. The van der Waals surface area contributed by atoms with Crippen LogP contribution in [-0.2, 0) is 0 Å². The molecule has 1 heterocycles. The van der Waals surface area contributed by atoms with Gasteiger partial charge >= 0.3 is 0 Å². The van der Waals surface area contributed by atoms with Crippen LogP contribution >= 0.6 is 0 Å². The van der Waals surface area contributed by atoms with Gasteiger partial charge in [0.15, 0.2) is 5.82 Å². The number of hydrogen-bond acceptors (Lipinski definition) is 1. The molecular formula is C4H4FN2. The average molecular weight is 99.1 g/mol. The molecule has 3 heteroatoms. The largest absolute Gasteiger partial charge is 0.282 e. The zero-order valence-corrected chi connectivity index (χ0v) is 3.61. The first-order valence-corrected chi connectivity index (χ1v) is 1.82. The lowest BCUT2D eigenvalue weighted by atomic mass is 10.5. The Kier molecular flexibility index (Phi) is 0.817. The topological polar surface area (TPSA) is 28.7 Å². The van der Waals surface area contributed by atoms with Crippen molar-refractivity contribution >= 4 is 0 Å². The standard InChI is InChI=1S/C4H4FN2/c1-3-4(5)2-6-7-3/h2H,1H2,(H,6,7). The van der Waals surface area contributed by atoms with Crippen LogP contribution in [0.5, 0.6) is 0 Å². The number of nitrogens with zero attached hydrogens (tertiary/aromatic N) is 1. The summed E-state index contributed by atoms with van der Waals surface area (Å²) < 4.78 is 11.9. The summed E-state index contributed by atoms with van der Waals surface area (Å²) in [5, 5.41) is 5.72. The summed E-state index contributed by atoms with van der Waals surface area (Å²) in [7, 11) is 0. The van der Waals surface area contributed by atoms with Crippen LogP contribution in [0.2, 0.25) is 0 Å². The molecule has 7 heavy (non-hydrogen) atoms. The van der Waals surface area contributed by atoms with E-state index in [0.29, 0.717) is 0 Å². The Balaban J connectivity index is 3.12. The second-order valence-electron chi connectivity index (χ2n) is 1.18. The monoisotopic (exact) mass is 99.0 g/mol. The molecule has 1 aromatic heterocycles. The molecule has 2 nitrogen and oxygen atoms in total. The van der Waals surface area contributed by atoms with Crippen LogP contribution in [0.25, 0.3) is 0 Å². The molecule has 0 aliphatic carbocycles. The van der Waals surface area contributed by atoms with Crippen molar-refractivity contribution in [1.82, 2.24) is 10.2 Å². The lowest BCUT2D eigenvalue weighted by molar-refractivity contribution is 0.623. The van der Waals surface area contributed by atoms with Gasteiger partial charge in [-0.3, -0.25) is 5.10 Å². The normalized spacial score (nSPS) is 9.43. The second-order valence-corrected chi connectivity index (χ2v) is 1.18. The molecule has 0 saturated carbocycles. The summed E-state index contributed by atoms with van der Waals surface area (Å²) in [5.74, 6) is -0.389. The van der Waals surface area contributed by atoms with E-state index in [1.807, 2.05) is 0 Å². The van der Waals surface area contributed by atoms with Crippen molar-refractivity contribution < 1.29 is 4.39 Å². The molecule has 0 aliphatic rings. The summed E-state index contributed by atoms with van der Waals surface area (Å²) in [6, 6.07) is 0. The maximum atomic E-state index is 11.9. The van der Waals surface area contributed by atoms with E-state index in [1.54, 1.807) is 0 Å². The van der Waals surface area contributed by atoms with E-state index in [2.05, 4.69) is 17.1 Å². The summed E-state index contributed by atoms with van der Waals surface area (Å²) >= 11 is 0. The first kappa shape index (κ1) is 4.30. The summed E-state index contributed by atoms with van der Waals surface area (Å²) in [6.07, 6.45) is 1.16. The van der Waals surface area contributed by atoms with Crippen molar-refractivity contribution in [3.05, 3.63) is 24.6 Å². The number of halogens is 1. The van der Waals surface area contributed by atoms with Crippen molar-refractivity contribution in [1.29, 1.82) is 0 Å². The highest BCUT2D eigenvalue weighted by atomic mass is 19.1. The van der Waals surface area contributed by atoms with Crippen molar-refractivity contribution in [2.24, 2.45) is 0 Å². The molecule has 0 unspecified atom stereocenters. The SMILES string of the molecule is [CH2]c1n[nH]cc1F. The number of nitrogens with one attached hydrogen (secondary N) is 1. The van der Waals surface area contributed by atoms with E-state index in [1.165, 1.54) is 0 Å². The third-order valence-electron chi connectivity index (χ3n) is 0.666. The van der Waals surface area contributed by atoms with Gasteiger partial charge in [-0.25, -0.2) is 4.39 Å². The summed E-state index contributed by atoms with van der Waals surface area (Å²) in [5.41, 5.74) is 0.167. The molecule has 0 amide bonds. The molecule has 1 rings (SSSR count). The molecule has 0 fully saturated rings. The Bertz CT molecular complexity index is 142. The fourth-order valence-corrected chi connectivity index (χ4v) is 0.304. The summed E-state index contributed by atoms with van der Waals surface area (Å²) in [4.78, 5) is 0. The van der Waals surface area contributed by atoms with E-state index in [9.17, 15) is 4.39 Å². The van der Waals surface area contributed by atoms with Gasteiger partial charge in [-0.15, -0.1) is 0 Å². The molecule has 0 atom stereocenters. The predicted molar refractivity (Wildman–Crippen MR) is 23.0 cm³/mol. The molecule has 1 aromatic rings. The molecule has 0 bridgehead atoms. The Morgan fingerprint density at radius 2 is 2.57 bits per heavy atom. The Labute approximate surface area is 40.4 Å². The van der Waals surface area contributed by atoms with Crippen LogP contribution in [0.3, 0.4) is 0 Å². The van der Waals surface area contributed by atoms with Gasteiger partial charge in [-0.2, -0.15) is 5.10 Å². The minimum atomic E-state index is -0.389. The van der Waals surface area contributed by atoms with Crippen LogP contribution in [-0.4, -0.2) is 10.2 Å². The van der Waals surface area contributed by atoms with Gasteiger partial charge in [0.05, 0.1) is 11.9 Å². The summed E-state index contributed by atoms with van der Waals surface area (Å²) in [6.45, 7) is 3.26. The van der Waals surface area contributed by atoms with E-state index >= 15 is 0 Å². The maximum absolute atomic E-state index is 11.9. The Hall–Kier alpha value is -0.860. The molecule has 1 N–H and O–H groups in total. The lowest BCUT2D eigenvalue weighted by Crippen LogP contribution is -1.71. The van der Waals surface area contributed by atoms with Gasteiger partial charge in [0, 0.05) is 6.92 Å². The third kappa shape index (κ3) is 0.607. The van der Waals surface area contributed by atoms with E-state index < -0.39 is 0 Å². The molecule has 37 valence electrons. The zero-order chi connectivity index (χ0) is 5.28. The first-order valence-electron chi connectivity index (χ1n) is 1.82. The van der Waals surface area contributed by atoms with Crippen molar-refractivity contribution in [3.8, 4) is 0 Å². The fourth-order valence-electron chi connectivity index (χ4n) is 0.304. The number of aromatic amines is 1. The first-order chi connectivity index (χ1) is 3.30. The molecule has 0 aromatic carbocycles. The van der Waals surface area contributed by atoms with Crippen molar-refractivity contribution in [2.75, 3.05) is 0 Å². The van der Waals surface area contributed by atoms with Gasteiger partial charge in [0.25, 0.3) is 0 Å². The third-order valence-corrected chi connectivity index (χ3v) is 0.666. The lowest BCUT2D eigenvalue weighted by Gasteiger charge is -1.72. The highest BCUT2D eigenvalue weighted by molar-refractivity contribution is 5.03. The van der Waals surface area contributed by atoms with Crippen LogP contribution in [0.15, 0.2) is 6.20 Å². The molecule has 0 spiro atoms. The van der Waals surface area contributed by atoms with Crippen LogP contribution in [0.4, 0.5) is 4.39 Å². The average Bonchev–Trinajstić information content (AvgIpc) is 1.91. The quantitative estimate of drug-likeness (QED) is 0.510. The number of aromatic nitrogens is 2. The van der Waals surface area contributed by atoms with Gasteiger partial charge in [0.1, 0.15) is 0 Å². The van der Waals surface area contributed by atoms with Crippen molar-refractivity contribution in [2.45, 2.75) is 0 Å². The predicted octanol–water partition coefficient (Wildman–Crippen LogP) is 0.731. The molecule has 0 aliphatic heterocycles. The van der Waals surface area contributed by atoms with E-state index in [-0.39, 0.29) is 11.5 Å². The smallest absolute Gasteiger partial charge is 0.164 e. The van der Waals surface area contributed by atoms with Crippen LogP contribution < -0.4 is 0 Å². The number of rotatable bonds is 0. The molecule has 0 saturated heterocycles. The second kappa shape index (κ2) is 1.33. The van der Waals surface area contributed by atoms with E-state index in [0.717, 1.165) is 6.20 Å². The van der Waals surface area contributed by atoms with E-state index in [4.69, 9.17) is 0 Å². The maximum Gasteiger partial charge on any atom is 0.164 e. The Morgan fingerprint density at radius 3 is 2.71 bits per heavy atom. The minimum Gasteiger partial charge on any atom is -0.282 e. The highest BCUT2D eigenvalue weighted by Crippen LogP contribution is 1.95. The highest BCUT2D eigenvalue weighted by Gasteiger charge is 1.93. The molecule has 1 radical (unpaired) electrons. The van der Waals surface area contributed by atoms with Gasteiger partial charge in [0.2, 0.25) is 0 Å².